The Labute approximate surface area is 193 Å². The van der Waals surface area contributed by atoms with Crippen molar-refractivity contribution < 1.29 is 13.2 Å². The third kappa shape index (κ3) is 4.14. The van der Waals surface area contributed by atoms with E-state index in [1.807, 2.05) is 12.1 Å². The summed E-state index contributed by atoms with van der Waals surface area (Å²) in [6, 6.07) is 11.4. The fourth-order valence-corrected chi connectivity index (χ4v) is 5.67. The van der Waals surface area contributed by atoms with Gasteiger partial charge in [-0.05, 0) is 48.2 Å². The van der Waals surface area contributed by atoms with Gasteiger partial charge in [-0.3, -0.25) is 4.90 Å². The third-order valence-corrected chi connectivity index (χ3v) is 7.84. The first-order chi connectivity index (χ1) is 15.3. The van der Waals surface area contributed by atoms with Crippen LogP contribution < -0.4 is 16.0 Å². The van der Waals surface area contributed by atoms with Gasteiger partial charge in [0.1, 0.15) is 0 Å². The number of fused-ring (bicyclic) bond motifs is 1. The Morgan fingerprint density at radius 3 is 2.81 bits per heavy atom. The van der Waals surface area contributed by atoms with Gasteiger partial charge in [-0.15, -0.1) is 0 Å². The number of nitrogens with two attached hydrogens (primary N) is 1. The zero-order chi connectivity index (χ0) is 22.9. The molecule has 0 fully saturated rings. The molecule has 2 aromatic rings. The lowest BCUT2D eigenvalue weighted by Gasteiger charge is -2.21. The van der Waals surface area contributed by atoms with Crippen LogP contribution in [0.1, 0.15) is 36.9 Å². The van der Waals surface area contributed by atoms with Gasteiger partial charge in [0.15, 0.2) is 0 Å². The summed E-state index contributed by atoms with van der Waals surface area (Å²) in [6.07, 6.45) is 2.50. The number of amides is 2. The molecule has 2 aliphatic rings. The number of halogens is 1. The molecule has 1 unspecified atom stereocenters. The molecule has 0 spiro atoms. The largest absolute Gasteiger partial charge is 0.369 e. The van der Waals surface area contributed by atoms with Crippen molar-refractivity contribution in [1.82, 2.24) is 9.62 Å². The Hall–Kier alpha value is -2.78. The van der Waals surface area contributed by atoms with Crippen molar-refractivity contribution in [3.8, 4) is 0 Å². The van der Waals surface area contributed by atoms with E-state index >= 15 is 0 Å². The number of nitrogens with one attached hydrogen (secondary N) is 1. The quantitative estimate of drug-likeness (QED) is 0.625. The Morgan fingerprint density at radius 2 is 2.06 bits per heavy atom. The first kappa shape index (κ1) is 22.4. The van der Waals surface area contributed by atoms with E-state index in [1.165, 1.54) is 6.07 Å². The van der Waals surface area contributed by atoms with Gasteiger partial charge in [0.25, 0.3) is 10.0 Å². The maximum atomic E-state index is 13.3. The predicted molar refractivity (Wildman–Crippen MR) is 126 cm³/mol. The minimum Gasteiger partial charge on any atom is -0.369 e. The van der Waals surface area contributed by atoms with Crippen LogP contribution in [0.25, 0.3) is 0 Å². The van der Waals surface area contributed by atoms with Crippen LogP contribution in [0.15, 0.2) is 52.4 Å². The van der Waals surface area contributed by atoms with Gasteiger partial charge >= 0.3 is 6.03 Å². The molecule has 0 bridgehead atoms. The molecule has 170 valence electrons. The second-order valence-corrected chi connectivity index (χ2v) is 10.1. The molecular weight excluding hydrogens is 450 g/mol. The highest BCUT2D eigenvalue weighted by Gasteiger charge is 2.36. The lowest BCUT2D eigenvalue weighted by Crippen LogP contribution is -2.39. The number of nitrogens with zero attached hydrogens (tertiary/aromatic N) is 3. The summed E-state index contributed by atoms with van der Waals surface area (Å²) >= 11 is 6.26. The predicted octanol–water partition coefficient (Wildman–Crippen LogP) is 3.27. The van der Waals surface area contributed by atoms with Crippen LogP contribution in [-0.2, 0) is 16.4 Å². The number of urea groups is 1. The summed E-state index contributed by atoms with van der Waals surface area (Å²) in [5, 5.41) is 3.42. The molecule has 0 aliphatic carbocycles. The zero-order valence-electron chi connectivity index (χ0n) is 17.8. The number of benzene rings is 2. The van der Waals surface area contributed by atoms with Gasteiger partial charge in [0.2, 0.25) is 5.96 Å². The molecule has 8 nitrogen and oxygen atoms in total. The number of sulfonamides is 1. The molecule has 0 radical (unpaired) electrons. The van der Waals surface area contributed by atoms with Crippen molar-refractivity contribution >= 4 is 39.3 Å². The smallest absolute Gasteiger partial charge is 0.321 e. The monoisotopic (exact) mass is 475 g/mol. The van der Waals surface area contributed by atoms with Crippen LogP contribution in [0, 0.1) is 0 Å². The van der Waals surface area contributed by atoms with Crippen molar-refractivity contribution in [2.45, 2.75) is 37.1 Å². The van der Waals surface area contributed by atoms with Crippen molar-refractivity contribution in [3.63, 3.8) is 0 Å². The lowest BCUT2D eigenvalue weighted by molar-refractivity contribution is 0.246. The summed E-state index contributed by atoms with van der Waals surface area (Å²) < 4.78 is 27.8. The number of unbranched alkanes of at least 4 members (excludes halogenated alkanes) is 1. The van der Waals surface area contributed by atoms with Gasteiger partial charge < -0.3 is 11.1 Å². The molecule has 3 N–H and O–H groups in total. The molecule has 2 heterocycles. The Kier molecular flexibility index (Phi) is 6.30. The van der Waals surface area contributed by atoms with Crippen LogP contribution in [0.4, 0.5) is 10.5 Å². The van der Waals surface area contributed by atoms with E-state index < -0.39 is 16.1 Å². The SMILES string of the molecule is CCCCNC(=O)N1CCc2cc(S(=O)(=O)N3CC(c4ccccc4Cl)N=C3N)ccc21. The number of hydrogen-bond acceptors (Lipinski definition) is 5. The number of carbonyl (C=O) groups excluding carboxylic acids is 1. The van der Waals surface area contributed by atoms with Crippen molar-refractivity contribution in [2.75, 3.05) is 24.5 Å². The molecule has 2 aromatic carbocycles. The van der Waals surface area contributed by atoms with Gasteiger partial charge in [0, 0.05) is 23.8 Å². The highest BCUT2D eigenvalue weighted by molar-refractivity contribution is 7.89. The van der Waals surface area contributed by atoms with Gasteiger partial charge in [-0.25, -0.2) is 22.5 Å². The Morgan fingerprint density at radius 1 is 1.28 bits per heavy atom. The first-order valence-electron chi connectivity index (χ1n) is 10.6. The molecule has 10 heteroatoms. The molecule has 0 saturated heterocycles. The van der Waals surface area contributed by atoms with Gasteiger partial charge in [-0.2, -0.15) is 0 Å². The van der Waals surface area contributed by atoms with E-state index in [0.717, 1.165) is 34.0 Å². The molecule has 2 aliphatic heterocycles. The summed E-state index contributed by atoms with van der Waals surface area (Å²) in [7, 11) is -3.90. The average Bonchev–Trinajstić information content (AvgIpc) is 3.37. The van der Waals surface area contributed by atoms with Gasteiger partial charge in [-0.1, -0.05) is 43.1 Å². The molecule has 2 amide bonds. The standard InChI is InChI=1S/C22H26ClN5O3S/c1-2-3-11-25-22(29)27-12-10-15-13-16(8-9-20(15)27)32(30,31)28-14-19(26-21(28)24)17-6-4-5-7-18(17)23/h4-9,13,19H,2-3,10-12,14H2,1H3,(H2,24,26)(H,25,29). The average molecular weight is 476 g/mol. The molecular formula is C22H26ClN5O3S. The number of hydrogen-bond donors (Lipinski definition) is 2. The van der Waals surface area contributed by atoms with E-state index in [-0.39, 0.29) is 23.4 Å². The van der Waals surface area contributed by atoms with Crippen LogP contribution in [0.5, 0.6) is 0 Å². The Bertz CT molecular complexity index is 1170. The molecule has 1 atom stereocenters. The minimum absolute atomic E-state index is 0.0626. The lowest BCUT2D eigenvalue weighted by atomic mass is 10.1. The normalized spacial score (nSPS) is 17.9. The van der Waals surface area contributed by atoms with Crippen molar-refractivity contribution in [2.24, 2.45) is 10.7 Å². The van der Waals surface area contributed by atoms with E-state index in [4.69, 9.17) is 17.3 Å². The summed E-state index contributed by atoms with van der Waals surface area (Å²) in [4.78, 5) is 18.6. The third-order valence-electron chi connectivity index (χ3n) is 5.73. The minimum atomic E-state index is -3.90. The van der Waals surface area contributed by atoms with Crippen LogP contribution >= 0.6 is 11.6 Å². The van der Waals surface area contributed by atoms with E-state index in [2.05, 4.69) is 17.2 Å². The number of guanidine groups is 1. The van der Waals surface area contributed by atoms with E-state index in [9.17, 15) is 13.2 Å². The molecule has 0 aromatic heterocycles. The summed E-state index contributed by atoms with van der Waals surface area (Å²) in [6.45, 7) is 3.28. The highest BCUT2D eigenvalue weighted by Crippen LogP contribution is 2.34. The first-order valence-corrected chi connectivity index (χ1v) is 12.4. The number of carbonyl (C=O) groups is 1. The summed E-state index contributed by atoms with van der Waals surface area (Å²) in [5.41, 5.74) is 8.28. The maximum absolute atomic E-state index is 13.3. The van der Waals surface area contributed by atoms with Crippen molar-refractivity contribution in [3.05, 3.63) is 58.6 Å². The van der Waals surface area contributed by atoms with Crippen LogP contribution in [0.2, 0.25) is 5.02 Å². The summed E-state index contributed by atoms with van der Waals surface area (Å²) in [5.74, 6) is -0.0626. The number of rotatable bonds is 6. The number of anilines is 1. The van der Waals surface area contributed by atoms with Crippen molar-refractivity contribution in [1.29, 1.82) is 0 Å². The highest BCUT2D eigenvalue weighted by atomic mass is 35.5. The zero-order valence-corrected chi connectivity index (χ0v) is 19.4. The molecule has 0 saturated carbocycles. The van der Waals surface area contributed by atoms with E-state index in [1.54, 1.807) is 29.2 Å². The molecule has 4 rings (SSSR count). The fraction of sp³-hybridized carbons (Fsp3) is 0.364. The topological polar surface area (TPSA) is 108 Å². The van der Waals surface area contributed by atoms with Gasteiger partial charge in [0.05, 0.1) is 17.5 Å². The van der Waals surface area contributed by atoms with E-state index in [0.29, 0.717) is 24.5 Å². The van der Waals surface area contributed by atoms with Crippen LogP contribution in [-0.4, -0.2) is 44.3 Å². The molecule has 32 heavy (non-hydrogen) atoms. The number of aliphatic imine (C=N–C) groups is 1. The van der Waals surface area contributed by atoms with Crippen LogP contribution in [0.3, 0.4) is 0 Å². The second kappa shape index (κ2) is 8.99. The fourth-order valence-electron chi connectivity index (χ4n) is 3.99. The maximum Gasteiger partial charge on any atom is 0.321 e. The Balaban J connectivity index is 1.54. The second-order valence-electron chi connectivity index (χ2n) is 7.84.